The van der Waals surface area contributed by atoms with E-state index in [1.165, 1.54) is 17.2 Å². The molecule has 1 amide bonds. The Labute approximate surface area is 280 Å². The Kier molecular flexibility index (Phi) is 10.9. The maximum atomic E-state index is 12.6. The maximum absolute atomic E-state index is 12.6. The summed E-state index contributed by atoms with van der Waals surface area (Å²) in [5, 5.41) is 14.1. The molecule has 8 nitrogen and oxygen atoms in total. The number of nitrogens with one attached hydrogen (secondary N) is 1. The van der Waals surface area contributed by atoms with Gasteiger partial charge in [0.25, 0.3) is 0 Å². The molecule has 0 saturated heterocycles. The maximum Gasteiger partial charge on any atom is 0.336 e. The number of nitrogens with zero attached hydrogens (tertiary/aromatic N) is 1. The lowest BCUT2D eigenvalue weighted by atomic mass is 9.93. The highest BCUT2D eigenvalue weighted by molar-refractivity contribution is 6.00. The zero-order chi connectivity index (χ0) is 34.2. The van der Waals surface area contributed by atoms with Crippen LogP contribution in [0.1, 0.15) is 48.1 Å². The fourth-order valence-electron chi connectivity index (χ4n) is 5.51. The third-order valence-corrected chi connectivity index (χ3v) is 8.27. The number of aryl methyl sites for hydroxylation is 2. The molecule has 0 radical (unpaired) electrons. The summed E-state index contributed by atoms with van der Waals surface area (Å²) in [6, 6.07) is 12.6. The summed E-state index contributed by atoms with van der Waals surface area (Å²) in [6.07, 6.45) is 17.7. The summed E-state index contributed by atoms with van der Waals surface area (Å²) in [7, 11) is 0. The van der Waals surface area contributed by atoms with Gasteiger partial charge >= 0.3 is 5.63 Å². The van der Waals surface area contributed by atoms with Crippen molar-refractivity contribution in [2.45, 2.75) is 54.2 Å². The van der Waals surface area contributed by atoms with E-state index in [0.717, 1.165) is 38.6 Å². The largest absolute Gasteiger partial charge is 0.486 e. The van der Waals surface area contributed by atoms with E-state index >= 15 is 0 Å². The molecule has 8 heteroatoms. The average molecular weight is 646 g/mol. The van der Waals surface area contributed by atoms with Crippen LogP contribution in [0.15, 0.2) is 116 Å². The zero-order valence-electron chi connectivity index (χ0n) is 28.0. The van der Waals surface area contributed by atoms with Crippen LogP contribution >= 0.6 is 0 Å². The molecule has 5 rings (SSSR count). The van der Waals surface area contributed by atoms with Crippen LogP contribution in [0.5, 0.6) is 5.75 Å². The second-order valence-electron chi connectivity index (χ2n) is 11.9. The van der Waals surface area contributed by atoms with E-state index in [0.29, 0.717) is 42.2 Å². The molecule has 0 aliphatic rings. The first-order valence-corrected chi connectivity index (χ1v) is 15.9. The number of pyridine rings is 1. The Morgan fingerprint density at radius 2 is 1.73 bits per heavy atom. The van der Waals surface area contributed by atoms with Crippen LogP contribution in [-0.2, 0) is 17.9 Å². The van der Waals surface area contributed by atoms with E-state index in [-0.39, 0.29) is 12.5 Å². The first kappa shape index (κ1) is 33.9. The third kappa shape index (κ3) is 8.27. The molecule has 0 aliphatic carbocycles. The standard InChI is InChI=1S/C40H40N2O6/c1-26(10-12-35-28(3)23-33(25-43)29(4)30(35)5)8-6-9-27(2)22-36(44)41-34-14-18-42(19-15-34)17-7-20-46-40-38-32(16-21-47-38)24-31-11-13-37(45)48-39(31)40/h6,8-16,18-19,21-24,43H,7,17,20,25H2,1-5H3/p+1/b9-6+,12-10+,26-8+,27-22+. The van der Waals surface area contributed by atoms with Crippen LogP contribution < -0.4 is 20.2 Å². The smallest absolute Gasteiger partial charge is 0.336 e. The summed E-state index contributed by atoms with van der Waals surface area (Å²) in [5.41, 5.74) is 8.63. The molecule has 0 spiro atoms. The van der Waals surface area contributed by atoms with Gasteiger partial charge < -0.3 is 24.0 Å². The second-order valence-corrected chi connectivity index (χ2v) is 11.9. The SMILES string of the molecule is CC(/C=C/c1c(C)cc(CO)c(C)c1C)=C\C=C\C(C)=C\C(=O)Nc1cc[n+](CCCOc2c3occc3cc3ccc(=O)oc23)cc1. The van der Waals surface area contributed by atoms with Crippen molar-refractivity contribution >= 4 is 39.6 Å². The summed E-state index contributed by atoms with van der Waals surface area (Å²) < 4.78 is 19.1. The zero-order valence-corrected chi connectivity index (χ0v) is 28.0. The molecule has 0 unspecified atom stereocenters. The van der Waals surface area contributed by atoms with Gasteiger partial charge in [-0.3, -0.25) is 4.79 Å². The van der Waals surface area contributed by atoms with Crippen molar-refractivity contribution < 1.29 is 28.0 Å². The van der Waals surface area contributed by atoms with Crippen LogP contribution in [0.3, 0.4) is 0 Å². The lowest BCUT2D eigenvalue weighted by Gasteiger charge is -2.13. The molecule has 0 saturated carbocycles. The summed E-state index contributed by atoms with van der Waals surface area (Å²) in [4.78, 5) is 24.4. The molecule has 3 heterocycles. The van der Waals surface area contributed by atoms with Gasteiger partial charge in [0.15, 0.2) is 30.1 Å². The number of anilines is 1. The quantitative estimate of drug-likeness (QED) is 0.0471. The van der Waals surface area contributed by atoms with Crippen molar-refractivity contribution in [3.8, 4) is 5.75 Å². The Balaban J connectivity index is 1.10. The number of allylic oxidation sites excluding steroid dienone is 6. The number of aromatic nitrogens is 1. The van der Waals surface area contributed by atoms with Gasteiger partial charge in [-0.2, -0.15) is 0 Å². The minimum Gasteiger partial charge on any atom is -0.486 e. The minimum atomic E-state index is -0.446. The van der Waals surface area contributed by atoms with E-state index in [1.807, 2.05) is 86.3 Å². The predicted molar refractivity (Wildman–Crippen MR) is 190 cm³/mol. The van der Waals surface area contributed by atoms with Crippen LogP contribution in [-0.4, -0.2) is 17.6 Å². The number of hydrogen-bond acceptors (Lipinski definition) is 6. The molecule has 2 N–H and O–H groups in total. The fourth-order valence-corrected chi connectivity index (χ4v) is 5.51. The molecule has 246 valence electrons. The van der Waals surface area contributed by atoms with Crippen molar-refractivity contribution in [3.63, 3.8) is 0 Å². The van der Waals surface area contributed by atoms with E-state index < -0.39 is 5.63 Å². The third-order valence-electron chi connectivity index (χ3n) is 8.27. The van der Waals surface area contributed by atoms with E-state index in [2.05, 4.69) is 31.3 Å². The Morgan fingerprint density at radius 1 is 0.958 bits per heavy atom. The molecule has 0 bridgehead atoms. The summed E-state index contributed by atoms with van der Waals surface area (Å²) >= 11 is 0. The topological polar surface area (TPSA) is 106 Å². The van der Waals surface area contributed by atoms with Gasteiger partial charge in [0.2, 0.25) is 11.7 Å². The highest BCUT2D eigenvalue weighted by atomic mass is 16.5. The number of aliphatic hydroxyl groups is 1. The van der Waals surface area contributed by atoms with Crippen molar-refractivity contribution in [2.24, 2.45) is 0 Å². The van der Waals surface area contributed by atoms with Gasteiger partial charge in [0.05, 0.1) is 25.2 Å². The number of aliphatic hydroxyl groups excluding tert-OH is 1. The lowest BCUT2D eigenvalue weighted by molar-refractivity contribution is -0.697. The second kappa shape index (κ2) is 15.4. The highest BCUT2D eigenvalue weighted by Crippen LogP contribution is 2.35. The summed E-state index contributed by atoms with van der Waals surface area (Å²) in [5.74, 6) is 0.221. The number of benzene rings is 2. The van der Waals surface area contributed by atoms with Crippen molar-refractivity contribution in [1.82, 2.24) is 0 Å². The molecule has 0 atom stereocenters. The number of furan rings is 1. The molecule has 5 aromatic rings. The Bertz CT molecular complexity index is 2130. The first-order valence-electron chi connectivity index (χ1n) is 15.9. The number of fused-ring (bicyclic) bond motifs is 2. The minimum absolute atomic E-state index is 0.0453. The van der Waals surface area contributed by atoms with Crippen LogP contribution in [0, 0.1) is 20.8 Å². The van der Waals surface area contributed by atoms with Crippen molar-refractivity contribution in [1.29, 1.82) is 0 Å². The predicted octanol–water partition coefficient (Wildman–Crippen LogP) is 7.81. The number of hydrogen-bond donors (Lipinski definition) is 2. The Morgan fingerprint density at radius 3 is 2.50 bits per heavy atom. The number of rotatable bonds is 12. The van der Waals surface area contributed by atoms with Gasteiger partial charge in [-0.25, -0.2) is 9.36 Å². The molecule has 2 aromatic carbocycles. The van der Waals surface area contributed by atoms with E-state index in [1.54, 1.807) is 18.4 Å². The summed E-state index contributed by atoms with van der Waals surface area (Å²) in [6.45, 7) is 11.2. The highest BCUT2D eigenvalue weighted by Gasteiger charge is 2.15. The normalized spacial score (nSPS) is 12.5. The number of ether oxygens (including phenoxy) is 1. The van der Waals surface area contributed by atoms with Crippen LogP contribution in [0.25, 0.3) is 28.0 Å². The molecule has 3 aromatic heterocycles. The molecular weight excluding hydrogens is 604 g/mol. The lowest BCUT2D eigenvalue weighted by Crippen LogP contribution is -2.33. The number of amides is 1. The number of carbonyl (C=O) groups excluding carboxylic acids is 1. The monoisotopic (exact) mass is 645 g/mol. The van der Waals surface area contributed by atoms with Crippen LogP contribution in [0.2, 0.25) is 0 Å². The Hall–Kier alpha value is -5.47. The molecule has 0 aliphatic heterocycles. The number of carbonyl (C=O) groups is 1. The van der Waals surface area contributed by atoms with E-state index in [4.69, 9.17) is 13.6 Å². The fraction of sp³-hybridized carbons (Fsp3) is 0.225. The van der Waals surface area contributed by atoms with Gasteiger partial charge in [0, 0.05) is 41.5 Å². The average Bonchev–Trinajstić information content (AvgIpc) is 3.53. The van der Waals surface area contributed by atoms with Gasteiger partial charge in [-0.15, -0.1) is 0 Å². The van der Waals surface area contributed by atoms with Crippen molar-refractivity contribution in [2.75, 3.05) is 11.9 Å². The van der Waals surface area contributed by atoms with E-state index in [9.17, 15) is 14.7 Å². The van der Waals surface area contributed by atoms with Crippen LogP contribution in [0.4, 0.5) is 5.69 Å². The molecular formula is C40H41N2O6+. The van der Waals surface area contributed by atoms with Gasteiger partial charge in [0.1, 0.15) is 0 Å². The molecule has 0 fully saturated rings. The van der Waals surface area contributed by atoms with Crippen molar-refractivity contribution in [3.05, 3.63) is 141 Å². The van der Waals surface area contributed by atoms with Gasteiger partial charge in [-0.05, 0) is 86.2 Å². The molecule has 48 heavy (non-hydrogen) atoms. The van der Waals surface area contributed by atoms with Gasteiger partial charge in [-0.1, -0.05) is 42.0 Å². The first-order chi connectivity index (χ1) is 23.1.